The zero-order chi connectivity index (χ0) is 22.0. The van der Waals surface area contributed by atoms with Crippen LogP contribution in [0.25, 0.3) is 0 Å². The molecule has 1 aromatic heterocycles. The summed E-state index contributed by atoms with van der Waals surface area (Å²) in [6.45, 7) is 7.90. The van der Waals surface area contributed by atoms with Crippen molar-refractivity contribution in [2.45, 2.75) is 13.3 Å². The van der Waals surface area contributed by atoms with Crippen LogP contribution in [-0.4, -0.2) is 74.1 Å². The zero-order valence-corrected chi connectivity index (χ0v) is 19.4. The van der Waals surface area contributed by atoms with Gasteiger partial charge in [-0.2, -0.15) is 0 Å². The molecular formula is C24H32ClN5O. The summed E-state index contributed by atoms with van der Waals surface area (Å²) in [4.78, 5) is 23.8. The van der Waals surface area contributed by atoms with Crippen LogP contribution in [0.4, 0.5) is 11.4 Å². The molecule has 2 fully saturated rings. The summed E-state index contributed by atoms with van der Waals surface area (Å²) in [5.74, 6) is 1.26. The summed E-state index contributed by atoms with van der Waals surface area (Å²) in [5.41, 5.74) is 3.81. The lowest BCUT2D eigenvalue weighted by Gasteiger charge is -2.23. The quantitative estimate of drug-likeness (QED) is 0.665. The molecule has 2 unspecified atom stereocenters. The van der Waals surface area contributed by atoms with Crippen LogP contribution in [0, 0.1) is 18.8 Å². The van der Waals surface area contributed by atoms with E-state index in [9.17, 15) is 4.79 Å². The lowest BCUT2D eigenvalue weighted by Crippen LogP contribution is -2.34. The summed E-state index contributed by atoms with van der Waals surface area (Å²) >= 11 is 6.20. The van der Waals surface area contributed by atoms with Crippen LogP contribution in [0.3, 0.4) is 0 Å². The molecule has 31 heavy (non-hydrogen) atoms. The van der Waals surface area contributed by atoms with E-state index in [1.165, 1.54) is 0 Å². The smallest absolute Gasteiger partial charge is 0.257 e. The van der Waals surface area contributed by atoms with Crippen LogP contribution < -0.4 is 10.2 Å². The highest BCUT2D eigenvalue weighted by Gasteiger charge is 2.41. The second-order valence-corrected chi connectivity index (χ2v) is 9.43. The summed E-state index contributed by atoms with van der Waals surface area (Å²) in [7, 11) is 3.93. The van der Waals surface area contributed by atoms with Crippen molar-refractivity contribution in [3.8, 4) is 0 Å². The number of pyridine rings is 1. The van der Waals surface area contributed by atoms with Gasteiger partial charge in [-0.05, 0) is 55.5 Å². The minimum atomic E-state index is 0.110. The Morgan fingerprint density at radius 3 is 2.61 bits per heavy atom. The first kappa shape index (κ1) is 21.9. The molecule has 1 N–H and O–H groups in total. The SMILES string of the molecule is Cc1ccc(NCCCN2CC3CN(C(=O)c4cnccc4N(C)C)CC3C2)cc1Cl. The lowest BCUT2D eigenvalue weighted by molar-refractivity contribution is 0.0774. The predicted octanol–water partition coefficient (Wildman–Crippen LogP) is 3.62. The number of nitrogens with zero attached hydrogens (tertiary/aromatic N) is 4. The Hall–Kier alpha value is -2.31. The first-order valence-corrected chi connectivity index (χ1v) is 11.4. The molecule has 7 heteroatoms. The number of nitrogens with one attached hydrogen (secondary N) is 1. The Kier molecular flexibility index (Phi) is 6.68. The topological polar surface area (TPSA) is 51.7 Å². The van der Waals surface area contributed by atoms with Crippen molar-refractivity contribution in [2.75, 3.05) is 63.6 Å². The van der Waals surface area contributed by atoms with Crippen molar-refractivity contribution in [1.82, 2.24) is 14.8 Å². The second kappa shape index (κ2) is 9.45. The number of anilines is 2. The number of amides is 1. The molecule has 0 saturated carbocycles. The summed E-state index contributed by atoms with van der Waals surface area (Å²) in [6, 6.07) is 8.03. The van der Waals surface area contributed by atoms with Crippen LogP contribution in [-0.2, 0) is 0 Å². The molecule has 4 rings (SSSR count). The van der Waals surface area contributed by atoms with E-state index < -0.39 is 0 Å². The van der Waals surface area contributed by atoms with Gasteiger partial charge in [-0.3, -0.25) is 9.78 Å². The minimum absolute atomic E-state index is 0.110. The highest BCUT2D eigenvalue weighted by molar-refractivity contribution is 6.31. The molecule has 2 aliphatic rings. The molecular weight excluding hydrogens is 410 g/mol. The maximum Gasteiger partial charge on any atom is 0.257 e. The van der Waals surface area contributed by atoms with E-state index in [2.05, 4.69) is 21.3 Å². The van der Waals surface area contributed by atoms with Gasteiger partial charge in [0.25, 0.3) is 5.91 Å². The minimum Gasteiger partial charge on any atom is -0.385 e. The number of likely N-dealkylation sites (tertiary alicyclic amines) is 2. The molecule has 0 bridgehead atoms. The number of hydrogen-bond donors (Lipinski definition) is 1. The van der Waals surface area contributed by atoms with Crippen LogP contribution in [0.15, 0.2) is 36.7 Å². The molecule has 0 aliphatic carbocycles. The third kappa shape index (κ3) is 4.96. The molecule has 6 nitrogen and oxygen atoms in total. The van der Waals surface area contributed by atoms with E-state index in [0.717, 1.165) is 67.7 Å². The van der Waals surface area contributed by atoms with Crippen molar-refractivity contribution in [2.24, 2.45) is 11.8 Å². The number of aryl methyl sites for hydroxylation is 1. The fraction of sp³-hybridized carbons (Fsp3) is 0.500. The van der Waals surface area contributed by atoms with E-state index >= 15 is 0 Å². The second-order valence-electron chi connectivity index (χ2n) is 9.02. The normalized spacial score (nSPS) is 20.7. The highest BCUT2D eigenvalue weighted by atomic mass is 35.5. The third-order valence-corrected chi connectivity index (χ3v) is 6.92. The van der Waals surface area contributed by atoms with Crippen LogP contribution in [0.5, 0.6) is 0 Å². The van der Waals surface area contributed by atoms with Gasteiger partial charge < -0.3 is 20.0 Å². The van der Waals surface area contributed by atoms with Gasteiger partial charge in [-0.1, -0.05) is 17.7 Å². The van der Waals surface area contributed by atoms with Gasteiger partial charge in [-0.25, -0.2) is 0 Å². The summed E-state index contributed by atoms with van der Waals surface area (Å²) < 4.78 is 0. The van der Waals surface area contributed by atoms with E-state index in [0.29, 0.717) is 17.4 Å². The molecule has 2 aliphatic heterocycles. The Balaban J connectivity index is 1.23. The number of rotatable bonds is 7. The molecule has 2 saturated heterocycles. The molecule has 3 heterocycles. The van der Waals surface area contributed by atoms with Gasteiger partial charge in [0.15, 0.2) is 0 Å². The number of aromatic nitrogens is 1. The van der Waals surface area contributed by atoms with E-state index in [1.807, 2.05) is 49.0 Å². The summed E-state index contributed by atoms with van der Waals surface area (Å²) in [6.07, 6.45) is 4.53. The Morgan fingerprint density at radius 1 is 1.19 bits per heavy atom. The third-order valence-electron chi connectivity index (χ3n) is 6.51. The maximum absolute atomic E-state index is 13.1. The Bertz CT molecular complexity index is 920. The fourth-order valence-corrected chi connectivity index (χ4v) is 4.97. The molecule has 2 atom stereocenters. The average molecular weight is 442 g/mol. The Morgan fingerprint density at radius 2 is 1.94 bits per heavy atom. The van der Waals surface area contributed by atoms with Crippen molar-refractivity contribution < 1.29 is 4.79 Å². The Labute approximate surface area is 190 Å². The standard InChI is InChI=1S/C24H32ClN5O/c1-17-5-6-20(11-22(17)25)27-8-4-10-29-13-18-15-30(16-19(18)14-29)24(31)21-12-26-9-7-23(21)28(2)3/h5-7,9,11-12,18-19,27H,4,8,10,13-16H2,1-3H3. The van der Waals surface area contributed by atoms with Crippen LogP contribution in [0.1, 0.15) is 22.3 Å². The predicted molar refractivity (Wildman–Crippen MR) is 127 cm³/mol. The molecule has 1 aromatic carbocycles. The van der Waals surface area contributed by atoms with Gasteiger partial charge in [0.2, 0.25) is 0 Å². The molecule has 0 radical (unpaired) electrons. The number of benzene rings is 1. The first-order valence-electron chi connectivity index (χ1n) is 11.1. The zero-order valence-electron chi connectivity index (χ0n) is 18.6. The van der Waals surface area contributed by atoms with Gasteiger partial charge in [0.1, 0.15) is 0 Å². The van der Waals surface area contributed by atoms with Crippen molar-refractivity contribution >= 4 is 28.9 Å². The molecule has 0 spiro atoms. The van der Waals surface area contributed by atoms with Crippen LogP contribution in [0.2, 0.25) is 5.02 Å². The van der Waals surface area contributed by atoms with Gasteiger partial charge in [0.05, 0.1) is 11.3 Å². The number of fused-ring (bicyclic) bond motifs is 1. The van der Waals surface area contributed by atoms with Crippen molar-refractivity contribution in [3.05, 3.63) is 52.8 Å². The van der Waals surface area contributed by atoms with Gasteiger partial charge >= 0.3 is 0 Å². The average Bonchev–Trinajstić information content (AvgIpc) is 3.32. The number of carbonyl (C=O) groups is 1. The maximum atomic E-state index is 13.1. The van der Waals surface area contributed by atoms with E-state index in [1.54, 1.807) is 12.4 Å². The highest BCUT2D eigenvalue weighted by Crippen LogP contribution is 2.33. The van der Waals surface area contributed by atoms with Crippen molar-refractivity contribution in [1.29, 1.82) is 0 Å². The first-order chi connectivity index (χ1) is 14.9. The summed E-state index contributed by atoms with van der Waals surface area (Å²) in [5, 5.41) is 4.27. The molecule has 2 aromatic rings. The monoisotopic (exact) mass is 441 g/mol. The number of hydrogen-bond acceptors (Lipinski definition) is 5. The lowest BCUT2D eigenvalue weighted by atomic mass is 10.0. The van der Waals surface area contributed by atoms with Gasteiger partial charge in [-0.15, -0.1) is 0 Å². The van der Waals surface area contributed by atoms with Gasteiger partial charge in [0, 0.05) is 69.9 Å². The van der Waals surface area contributed by atoms with E-state index in [-0.39, 0.29) is 5.91 Å². The number of carbonyl (C=O) groups excluding carboxylic acids is 1. The van der Waals surface area contributed by atoms with Crippen LogP contribution >= 0.6 is 11.6 Å². The molecule has 166 valence electrons. The largest absolute Gasteiger partial charge is 0.385 e. The van der Waals surface area contributed by atoms with Crippen molar-refractivity contribution in [3.63, 3.8) is 0 Å². The van der Waals surface area contributed by atoms with E-state index in [4.69, 9.17) is 11.6 Å². The number of halogens is 1. The molecule has 1 amide bonds. The fourth-order valence-electron chi connectivity index (χ4n) is 4.79.